The zero-order valence-corrected chi connectivity index (χ0v) is 29.1. The fraction of sp³-hybridized carbons (Fsp3) is 0.459. The largest absolute Gasteiger partial charge is 0.493 e. The Morgan fingerprint density at radius 3 is 2.53 bits per heavy atom. The van der Waals surface area contributed by atoms with Crippen LogP contribution in [-0.4, -0.2) is 77.6 Å². The van der Waals surface area contributed by atoms with E-state index in [1.54, 1.807) is 36.4 Å². The number of carbonyl (C=O) groups excluding carboxylic acids is 2. The minimum atomic E-state index is -4.52. The van der Waals surface area contributed by atoms with Crippen molar-refractivity contribution in [3.63, 3.8) is 0 Å². The second-order valence-electron chi connectivity index (χ2n) is 12.1. The van der Waals surface area contributed by atoms with Crippen molar-refractivity contribution in [1.29, 1.82) is 0 Å². The van der Waals surface area contributed by atoms with E-state index in [-0.39, 0.29) is 62.9 Å². The number of hydrogen-bond acceptors (Lipinski definition) is 12. The standard InChI is InChI=1S/C37H44F3NO12/c1-49-34-21-25(9-7-19-50-35(45)14-8-20-52-41(47)48)15-18-33(34)53-36(46)13-5-3-2-4-12-29-30(32(44)23-31(29)43)17-16-27(42)24-51-28-11-6-10-26(22-28)37(38,39)40/h2,4,6-7,9-11,15-18,21-22,27,29-32,42-44H,3,5,8,12-14,19-20,23-24H2,1H3/b4-2-,9-7+,17-16+/t27-,29-,30-,31+,32-/m1/s1. The Morgan fingerprint density at radius 1 is 1.02 bits per heavy atom. The van der Waals surface area contributed by atoms with Gasteiger partial charge < -0.3 is 39.1 Å². The summed E-state index contributed by atoms with van der Waals surface area (Å²) in [6.45, 7) is -0.510. The van der Waals surface area contributed by atoms with E-state index in [0.717, 1.165) is 12.1 Å². The van der Waals surface area contributed by atoms with Gasteiger partial charge in [0, 0.05) is 25.2 Å². The molecule has 0 spiro atoms. The van der Waals surface area contributed by atoms with E-state index < -0.39 is 53.0 Å². The number of nitrogens with zero attached hydrogens (tertiary/aromatic N) is 1. The smallest absolute Gasteiger partial charge is 0.416 e. The number of halogens is 3. The quantitative estimate of drug-likeness (QED) is 0.0357. The van der Waals surface area contributed by atoms with Gasteiger partial charge in [-0.3, -0.25) is 9.59 Å². The van der Waals surface area contributed by atoms with Gasteiger partial charge in [-0.15, -0.1) is 10.1 Å². The number of aliphatic hydroxyl groups excluding tert-OH is 3. The summed E-state index contributed by atoms with van der Waals surface area (Å²) >= 11 is 0. The number of methoxy groups -OCH3 is 1. The average molecular weight is 752 g/mol. The molecule has 1 saturated carbocycles. The van der Waals surface area contributed by atoms with Crippen molar-refractivity contribution in [2.45, 2.75) is 69.4 Å². The highest BCUT2D eigenvalue weighted by Crippen LogP contribution is 2.37. The van der Waals surface area contributed by atoms with E-state index >= 15 is 0 Å². The summed E-state index contributed by atoms with van der Waals surface area (Å²) in [5, 5.41) is 40.5. The number of ether oxygens (including phenoxy) is 4. The molecule has 3 rings (SSSR count). The first-order chi connectivity index (χ1) is 25.3. The van der Waals surface area contributed by atoms with Crippen LogP contribution in [0, 0.1) is 22.0 Å². The molecule has 3 N–H and O–H groups in total. The number of carbonyl (C=O) groups is 2. The SMILES string of the molecule is COc1cc(/C=C/COC(=O)CCCO[N+](=O)[O-])ccc1OC(=O)CCC/C=C\C[C@@H]1[C@@H](/C=C/[C@@H](O)COc2cccc(C(F)(F)F)c2)[C@H](O)C[C@@H]1O. The van der Waals surface area contributed by atoms with E-state index in [1.165, 1.54) is 25.3 Å². The van der Waals surface area contributed by atoms with Crippen molar-refractivity contribution >= 4 is 18.0 Å². The Balaban J connectivity index is 1.38. The molecule has 1 aliphatic carbocycles. The van der Waals surface area contributed by atoms with Gasteiger partial charge in [0.15, 0.2) is 11.5 Å². The predicted molar refractivity (Wildman–Crippen MR) is 184 cm³/mol. The molecule has 0 heterocycles. The van der Waals surface area contributed by atoms with Gasteiger partial charge >= 0.3 is 18.1 Å². The molecule has 0 unspecified atom stereocenters. The molecule has 1 aliphatic rings. The van der Waals surface area contributed by atoms with Crippen molar-refractivity contribution in [3.8, 4) is 17.2 Å². The third-order valence-corrected chi connectivity index (χ3v) is 8.16. The van der Waals surface area contributed by atoms with Crippen LogP contribution in [0.3, 0.4) is 0 Å². The lowest BCUT2D eigenvalue weighted by Crippen LogP contribution is -2.21. The van der Waals surface area contributed by atoms with Crippen LogP contribution in [0.25, 0.3) is 6.08 Å². The van der Waals surface area contributed by atoms with Crippen LogP contribution in [0.4, 0.5) is 13.2 Å². The molecule has 0 amide bonds. The second kappa shape index (κ2) is 21.6. The van der Waals surface area contributed by atoms with E-state index in [0.29, 0.717) is 30.6 Å². The molecule has 16 heteroatoms. The summed E-state index contributed by atoms with van der Waals surface area (Å²) in [5.74, 6) is -1.29. The van der Waals surface area contributed by atoms with Crippen LogP contribution in [0.2, 0.25) is 0 Å². The average Bonchev–Trinajstić information content (AvgIpc) is 3.39. The van der Waals surface area contributed by atoms with Crippen molar-refractivity contribution in [2.75, 3.05) is 26.9 Å². The Kier molecular flexibility index (Phi) is 17.3. The summed E-state index contributed by atoms with van der Waals surface area (Å²) in [6.07, 6.45) is 4.55. The third kappa shape index (κ3) is 15.3. The summed E-state index contributed by atoms with van der Waals surface area (Å²) in [5.41, 5.74) is -0.173. The molecule has 53 heavy (non-hydrogen) atoms. The van der Waals surface area contributed by atoms with Crippen molar-refractivity contribution in [1.82, 2.24) is 0 Å². The Bertz CT molecular complexity index is 1580. The zero-order chi connectivity index (χ0) is 38.8. The Morgan fingerprint density at radius 2 is 1.79 bits per heavy atom. The molecule has 0 radical (unpaired) electrons. The number of hydrogen-bond donors (Lipinski definition) is 3. The van der Waals surface area contributed by atoms with Crippen LogP contribution in [-0.2, 0) is 25.3 Å². The molecule has 0 saturated heterocycles. The lowest BCUT2D eigenvalue weighted by molar-refractivity contribution is -0.757. The molecular weight excluding hydrogens is 707 g/mol. The number of rotatable bonds is 21. The van der Waals surface area contributed by atoms with Crippen LogP contribution in [0.5, 0.6) is 17.2 Å². The van der Waals surface area contributed by atoms with Gasteiger partial charge in [0.2, 0.25) is 0 Å². The minimum Gasteiger partial charge on any atom is -0.493 e. The minimum absolute atomic E-state index is 0.0132. The molecule has 0 aromatic heterocycles. The summed E-state index contributed by atoms with van der Waals surface area (Å²) in [7, 11) is 1.43. The van der Waals surface area contributed by atoms with Gasteiger partial charge in [0.25, 0.3) is 5.09 Å². The number of alkyl halides is 3. The summed E-state index contributed by atoms with van der Waals surface area (Å²) in [4.78, 5) is 38.4. The first-order valence-electron chi connectivity index (χ1n) is 16.9. The predicted octanol–water partition coefficient (Wildman–Crippen LogP) is 5.63. The molecule has 2 aromatic rings. The molecule has 0 aliphatic heterocycles. The van der Waals surface area contributed by atoms with Gasteiger partial charge in [-0.25, -0.2) is 0 Å². The van der Waals surface area contributed by atoms with Crippen molar-refractivity contribution in [2.24, 2.45) is 11.8 Å². The van der Waals surface area contributed by atoms with Gasteiger partial charge in [-0.1, -0.05) is 42.5 Å². The Hall–Kier alpha value is -4.93. The number of aliphatic hydroxyl groups is 3. The molecule has 5 atom stereocenters. The normalized spacial score (nSPS) is 19.5. The highest BCUT2D eigenvalue weighted by molar-refractivity contribution is 5.73. The van der Waals surface area contributed by atoms with E-state index in [9.17, 15) is 48.2 Å². The number of allylic oxidation sites excluding steroid dienone is 2. The number of benzene rings is 2. The monoisotopic (exact) mass is 751 g/mol. The van der Waals surface area contributed by atoms with E-state index in [1.807, 2.05) is 12.2 Å². The highest BCUT2D eigenvalue weighted by Gasteiger charge is 2.39. The second-order valence-corrected chi connectivity index (χ2v) is 12.1. The van der Waals surface area contributed by atoms with E-state index in [2.05, 4.69) is 4.84 Å². The summed E-state index contributed by atoms with van der Waals surface area (Å²) < 4.78 is 59.9. The van der Waals surface area contributed by atoms with Crippen LogP contribution < -0.4 is 14.2 Å². The van der Waals surface area contributed by atoms with Gasteiger partial charge in [-0.2, -0.15) is 13.2 Å². The number of esters is 2. The topological polar surface area (TPSA) is 184 Å². The maximum absolute atomic E-state index is 12.9. The third-order valence-electron chi connectivity index (χ3n) is 8.16. The van der Waals surface area contributed by atoms with Crippen LogP contribution in [0.1, 0.15) is 56.1 Å². The molecule has 13 nitrogen and oxygen atoms in total. The van der Waals surface area contributed by atoms with Gasteiger partial charge in [0.1, 0.15) is 25.1 Å². The molecule has 290 valence electrons. The molecule has 2 aromatic carbocycles. The molecule has 0 bridgehead atoms. The summed E-state index contributed by atoms with van der Waals surface area (Å²) in [6, 6.07) is 9.23. The van der Waals surface area contributed by atoms with Crippen LogP contribution in [0.15, 0.2) is 72.8 Å². The maximum Gasteiger partial charge on any atom is 0.416 e. The maximum atomic E-state index is 12.9. The lowest BCUT2D eigenvalue weighted by atomic mass is 9.89. The van der Waals surface area contributed by atoms with Crippen molar-refractivity contribution < 1.29 is 67.0 Å². The molecule has 1 fully saturated rings. The van der Waals surface area contributed by atoms with Gasteiger partial charge in [0.05, 0.1) is 31.5 Å². The zero-order valence-electron chi connectivity index (χ0n) is 29.1. The van der Waals surface area contributed by atoms with Crippen LogP contribution >= 0.6 is 0 Å². The fourth-order valence-corrected chi connectivity index (χ4v) is 5.50. The van der Waals surface area contributed by atoms with E-state index in [4.69, 9.17) is 18.9 Å². The number of unbranched alkanes of at least 4 members (excludes halogenated alkanes) is 1. The Labute approximate surface area is 304 Å². The van der Waals surface area contributed by atoms with Gasteiger partial charge in [-0.05, 0) is 73.6 Å². The first kappa shape index (κ1) is 42.5. The fourth-order valence-electron chi connectivity index (χ4n) is 5.50. The highest BCUT2D eigenvalue weighted by atomic mass is 19.4. The first-order valence-corrected chi connectivity index (χ1v) is 16.9. The molecular formula is C37H44F3NO12. The lowest BCUT2D eigenvalue weighted by Gasteiger charge is -2.19. The van der Waals surface area contributed by atoms with Crippen molar-refractivity contribution in [3.05, 3.63) is 94.1 Å².